The van der Waals surface area contributed by atoms with E-state index in [0.717, 1.165) is 0 Å². The lowest BCUT2D eigenvalue weighted by Gasteiger charge is -2.19. The van der Waals surface area contributed by atoms with Gasteiger partial charge in [-0.2, -0.15) is 0 Å². The summed E-state index contributed by atoms with van der Waals surface area (Å²) in [5.41, 5.74) is 2.39. The van der Waals surface area contributed by atoms with Crippen LogP contribution in [0.3, 0.4) is 0 Å². The Kier molecular flexibility index (Phi) is 4.69. The second-order valence-corrected chi connectivity index (χ2v) is 5.90. The van der Waals surface area contributed by atoms with Crippen LogP contribution in [0.1, 0.15) is 26.6 Å². The highest BCUT2D eigenvalue weighted by Gasteiger charge is 2.22. The SMILES string of the molecule is CSc1nnc(C)n1NC(=S)NC(=O)C(C)(C)C. The highest BCUT2D eigenvalue weighted by molar-refractivity contribution is 7.98. The first-order valence-electron chi connectivity index (χ1n) is 5.34. The largest absolute Gasteiger partial charge is 0.301 e. The standard InChI is InChI=1S/C10H17N5OS2/c1-6-12-13-9(18-5)15(6)14-8(17)11-7(16)10(2,3)4/h1-5H3,(H2,11,14,16,17). The van der Waals surface area contributed by atoms with E-state index in [2.05, 4.69) is 20.9 Å². The molecule has 0 unspecified atom stereocenters. The summed E-state index contributed by atoms with van der Waals surface area (Å²) in [5, 5.41) is 11.4. The van der Waals surface area contributed by atoms with Crippen LogP contribution in [0.5, 0.6) is 0 Å². The zero-order valence-corrected chi connectivity index (χ0v) is 12.7. The van der Waals surface area contributed by atoms with Crippen molar-refractivity contribution in [2.24, 2.45) is 5.41 Å². The lowest BCUT2D eigenvalue weighted by molar-refractivity contribution is -0.126. The van der Waals surface area contributed by atoms with Crippen molar-refractivity contribution in [1.29, 1.82) is 0 Å². The zero-order valence-electron chi connectivity index (χ0n) is 11.1. The molecule has 1 heterocycles. The molecule has 0 fully saturated rings. The van der Waals surface area contributed by atoms with Crippen LogP contribution in [-0.4, -0.2) is 32.1 Å². The van der Waals surface area contributed by atoms with Crippen LogP contribution in [0, 0.1) is 12.3 Å². The van der Waals surface area contributed by atoms with E-state index < -0.39 is 5.41 Å². The fourth-order valence-electron chi connectivity index (χ4n) is 1.02. The minimum atomic E-state index is -0.490. The van der Waals surface area contributed by atoms with Gasteiger partial charge in [-0.3, -0.25) is 10.2 Å². The minimum Gasteiger partial charge on any atom is -0.301 e. The summed E-state index contributed by atoms with van der Waals surface area (Å²) in [6, 6.07) is 0. The van der Waals surface area contributed by atoms with Gasteiger partial charge in [-0.15, -0.1) is 10.2 Å². The van der Waals surface area contributed by atoms with Crippen molar-refractivity contribution in [3.63, 3.8) is 0 Å². The molecule has 6 nitrogen and oxygen atoms in total. The highest BCUT2D eigenvalue weighted by atomic mass is 32.2. The van der Waals surface area contributed by atoms with Crippen molar-refractivity contribution < 1.29 is 4.79 Å². The van der Waals surface area contributed by atoms with E-state index in [1.807, 2.05) is 27.0 Å². The molecule has 0 radical (unpaired) electrons. The number of rotatable bonds is 2. The Morgan fingerprint density at radius 2 is 2.00 bits per heavy atom. The van der Waals surface area contributed by atoms with Crippen LogP contribution in [0.25, 0.3) is 0 Å². The Balaban J connectivity index is 2.71. The molecular weight excluding hydrogens is 270 g/mol. The number of amides is 1. The number of thioether (sulfide) groups is 1. The van der Waals surface area contributed by atoms with Crippen molar-refractivity contribution in [1.82, 2.24) is 20.2 Å². The predicted octanol–water partition coefficient (Wildman–Crippen LogP) is 1.30. The number of aromatic nitrogens is 3. The summed E-state index contributed by atoms with van der Waals surface area (Å²) in [5.74, 6) is 0.531. The van der Waals surface area contributed by atoms with Crippen molar-refractivity contribution in [3.8, 4) is 0 Å². The summed E-state index contributed by atoms with van der Waals surface area (Å²) in [6.45, 7) is 7.26. The predicted molar refractivity (Wildman–Crippen MR) is 76.1 cm³/mol. The molecule has 1 amide bonds. The molecule has 0 aliphatic carbocycles. The van der Waals surface area contributed by atoms with E-state index in [-0.39, 0.29) is 11.0 Å². The molecule has 18 heavy (non-hydrogen) atoms. The zero-order chi connectivity index (χ0) is 13.9. The third-order valence-electron chi connectivity index (χ3n) is 2.10. The summed E-state index contributed by atoms with van der Waals surface area (Å²) in [7, 11) is 0. The van der Waals surface area contributed by atoms with E-state index in [1.165, 1.54) is 11.8 Å². The third-order valence-corrected chi connectivity index (χ3v) is 2.92. The van der Waals surface area contributed by atoms with Gasteiger partial charge in [0.25, 0.3) is 0 Å². The van der Waals surface area contributed by atoms with Crippen LogP contribution in [0.2, 0.25) is 0 Å². The van der Waals surface area contributed by atoms with Gasteiger partial charge < -0.3 is 5.32 Å². The van der Waals surface area contributed by atoms with Crippen LogP contribution in [-0.2, 0) is 4.79 Å². The first-order chi connectivity index (χ1) is 8.25. The molecule has 0 aliphatic rings. The fraction of sp³-hybridized carbons (Fsp3) is 0.600. The lowest BCUT2D eigenvalue weighted by atomic mass is 9.96. The number of hydrogen-bond donors (Lipinski definition) is 2. The van der Waals surface area contributed by atoms with E-state index in [1.54, 1.807) is 11.6 Å². The average molecular weight is 287 g/mol. The van der Waals surface area contributed by atoms with Gasteiger partial charge in [0.1, 0.15) is 5.82 Å². The third kappa shape index (κ3) is 3.67. The maximum Gasteiger partial charge on any atom is 0.231 e. The number of carbonyl (C=O) groups is 1. The highest BCUT2D eigenvalue weighted by Crippen LogP contribution is 2.13. The van der Waals surface area contributed by atoms with E-state index in [0.29, 0.717) is 11.0 Å². The number of carbonyl (C=O) groups excluding carboxylic acids is 1. The molecule has 100 valence electrons. The van der Waals surface area contributed by atoms with E-state index in [4.69, 9.17) is 12.2 Å². The Morgan fingerprint density at radius 3 is 2.50 bits per heavy atom. The quantitative estimate of drug-likeness (QED) is 0.631. The Hall–Kier alpha value is -1.15. The Labute approximate surface area is 116 Å². The molecule has 0 bridgehead atoms. The maximum absolute atomic E-state index is 11.8. The molecule has 0 atom stereocenters. The topological polar surface area (TPSA) is 71.8 Å². The van der Waals surface area contributed by atoms with Gasteiger partial charge in [0.05, 0.1) is 0 Å². The first kappa shape index (κ1) is 14.9. The lowest BCUT2D eigenvalue weighted by Crippen LogP contribution is -2.43. The van der Waals surface area contributed by atoms with E-state index >= 15 is 0 Å². The molecule has 1 aromatic rings. The van der Waals surface area contributed by atoms with Crippen molar-refractivity contribution in [3.05, 3.63) is 5.82 Å². The van der Waals surface area contributed by atoms with Crippen molar-refractivity contribution >= 4 is 35.0 Å². The summed E-state index contributed by atoms with van der Waals surface area (Å²) < 4.78 is 1.63. The summed E-state index contributed by atoms with van der Waals surface area (Å²) in [6.07, 6.45) is 1.89. The van der Waals surface area contributed by atoms with E-state index in [9.17, 15) is 4.79 Å². The van der Waals surface area contributed by atoms with Gasteiger partial charge in [-0.05, 0) is 25.4 Å². The van der Waals surface area contributed by atoms with Gasteiger partial charge in [0.15, 0.2) is 5.11 Å². The second-order valence-electron chi connectivity index (χ2n) is 4.71. The molecule has 0 aromatic carbocycles. The first-order valence-corrected chi connectivity index (χ1v) is 6.97. The normalized spacial score (nSPS) is 11.2. The molecule has 0 spiro atoms. The van der Waals surface area contributed by atoms with Gasteiger partial charge >= 0.3 is 0 Å². The molecule has 1 rings (SSSR count). The number of nitrogens with zero attached hydrogens (tertiary/aromatic N) is 3. The number of thiocarbonyl (C=S) groups is 1. The fourth-order valence-corrected chi connectivity index (χ4v) is 1.69. The van der Waals surface area contributed by atoms with Gasteiger partial charge in [-0.1, -0.05) is 32.5 Å². The van der Waals surface area contributed by atoms with Gasteiger partial charge in [0.2, 0.25) is 11.1 Å². The molecule has 0 aliphatic heterocycles. The van der Waals surface area contributed by atoms with Crippen LogP contribution in [0.15, 0.2) is 5.16 Å². The summed E-state index contributed by atoms with van der Waals surface area (Å²) >= 11 is 6.52. The molecular formula is C10H17N5OS2. The maximum atomic E-state index is 11.8. The van der Waals surface area contributed by atoms with Crippen LogP contribution < -0.4 is 10.7 Å². The number of nitrogens with one attached hydrogen (secondary N) is 2. The van der Waals surface area contributed by atoms with Gasteiger partial charge in [0, 0.05) is 5.41 Å². The number of hydrogen-bond acceptors (Lipinski definition) is 5. The number of aryl methyl sites for hydroxylation is 1. The smallest absolute Gasteiger partial charge is 0.231 e. The summed E-state index contributed by atoms with van der Waals surface area (Å²) in [4.78, 5) is 11.8. The Bertz CT molecular complexity index is 463. The minimum absolute atomic E-state index is 0.142. The molecule has 8 heteroatoms. The van der Waals surface area contributed by atoms with Crippen LogP contribution in [0.4, 0.5) is 0 Å². The van der Waals surface area contributed by atoms with Crippen molar-refractivity contribution in [2.75, 3.05) is 11.7 Å². The molecule has 0 saturated carbocycles. The second kappa shape index (κ2) is 5.66. The average Bonchev–Trinajstić information content (AvgIpc) is 2.58. The van der Waals surface area contributed by atoms with Gasteiger partial charge in [-0.25, -0.2) is 4.68 Å². The van der Waals surface area contributed by atoms with Crippen molar-refractivity contribution in [2.45, 2.75) is 32.9 Å². The molecule has 0 saturated heterocycles. The molecule has 2 N–H and O–H groups in total. The van der Waals surface area contributed by atoms with Crippen LogP contribution >= 0.6 is 24.0 Å². The Morgan fingerprint density at radius 1 is 1.39 bits per heavy atom. The monoisotopic (exact) mass is 287 g/mol. The molecule has 1 aromatic heterocycles.